The van der Waals surface area contributed by atoms with Crippen LogP contribution in [-0.2, 0) is 29.2 Å². The second-order valence-corrected chi connectivity index (χ2v) is 13.5. The lowest BCUT2D eigenvalue weighted by molar-refractivity contribution is -0.137. The van der Waals surface area contributed by atoms with E-state index in [1.165, 1.54) is 6.07 Å². The smallest absolute Gasteiger partial charge is 0.392 e. The highest BCUT2D eigenvalue weighted by Gasteiger charge is 2.30. The minimum atomic E-state index is -4.43. The van der Waals surface area contributed by atoms with Gasteiger partial charge in [0.25, 0.3) is 5.91 Å². The van der Waals surface area contributed by atoms with Crippen molar-refractivity contribution in [2.75, 3.05) is 22.9 Å². The van der Waals surface area contributed by atoms with Crippen LogP contribution in [0.1, 0.15) is 33.5 Å². The average molecular weight is 672 g/mol. The summed E-state index contributed by atoms with van der Waals surface area (Å²) in [5.41, 5.74) is 1.57. The Morgan fingerprint density at radius 3 is 2.20 bits per heavy atom. The van der Waals surface area contributed by atoms with Crippen LogP contribution in [0.2, 0.25) is 0 Å². The Labute approximate surface area is 272 Å². The summed E-state index contributed by atoms with van der Waals surface area (Å²) in [6, 6.07) is 29.7. The molecule has 0 fully saturated rings. The fourth-order valence-electron chi connectivity index (χ4n) is 5.03. The molecule has 0 bridgehead atoms. The van der Waals surface area contributed by atoms with Crippen molar-refractivity contribution in [3.63, 3.8) is 0 Å². The summed E-state index contributed by atoms with van der Waals surface area (Å²) in [6.45, 7) is 0.329. The number of nitrogens with zero attached hydrogens (tertiary/aromatic N) is 1. The molecule has 0 heterocycles. The van der Waals surface area contributed by atoms with Crippen molar-refractivity contribution in [1.82, 2.24) is 10.0 Å². The van der Waals surface area contributed by atoms with E-state index in [-0.39, 0.29) is 30.3 Å². The van der Waals surface area contributed by atoms with Crippen molar-refractivity contribution in [2.24, 2.45) is 5.92 Å². The van der Waals surface area contributed by atoms with Crippen LogP contribution in [-0.4, -0.2) is 44.1 Å². The second kappa shape index (κ2) is 16.1. The van der Waals surface area contributed by atoms with Gasteiger partial charge in [-0.1, -0.05) is 90.8 Å². The van der Waals surface area contributed by atoms with Crippen LogP contribution in [0.5, 0.6) is 0 Å². The van der Waals surface area contributed by atoms with E-state index in [2.05, 4.69) is 10.0 Å². The molecule has 0 saturated carbocycles. The van der Waals surface area contributed by atoms with Gasteiger partial charge >= 0.3 is 6.18 Å². The number of halogens is 3. The molecule has 4 aromatic rings. The van der Waals surface area contributed by atoms with Crippen LogP contribution in [0.4, 0.5) is 24.5 Å². The van der Waals surface area contributed by atoms with E-state index in [4.69, 9.17) is 0 Å². The summed E-state index contributed by atoms with van der Waals surface area (Å²) in [5.74, 6) is -0.232. The molecule has 1 amide bonds. The lowest BCUT2D eigenvalue weighted by atomic mass is 9.91. The molecule has 0 unspecified atom stereocenters. The first kappa shape index (κ1) is 35.0. The van der Waals surface area contributed by atoms with Gasteiger partial charge in [-0.3, -0.25) is 9.52 Å². The number of hydrogen-bond donors (Lipinski definition) is 3. The van der Waals surface area contributed by atoms with E-state index in [0.29, 0.717) is 29.8 Å². The maximum Gasteiger partial charge on any atom is 0.416 e. The van der Waals surface area contributed by atoms with Crippen LogP contribution in [0.15, 0.2) is 109 Å². The van der Waals surface area contributed by atoms with Gasteiger partial charge in [-0.05, 0) is 60.2 Å². The fraction of sp³-hybridized carbons (Fsp3) is 0.265. The maximum atomic E-state index is 13.3. The first-order valence-corrected chi connectivity index (χ1v) is 17.4. The number of amides is 1. The Morgan fingerprint density at radius 1 is 0.891 bits per heavy atom. The number of benzene rings is 4. The fourth-order valence-corrected chi connectivity index (χ4v) is 6.82. The molecule has 3 N–H and O–H groups in total. The van der Waals surface area contributed by atoms with Gasteiger partial charge < -0.3 is 10.4 Å². The number of carbonyl (C=O) groups is 1. The highest BCUT2D eigenvalue weighted by atomic mass is 32.2. The predicted molar refractivity (Wildman–Crippen MR) is 177 cm³/mol. The molecule has 0 aliphatic rings. The normalized spacial score (nSPS) is 13.2. The van der Waals surface area contributed by atoms with E-state index < -0.39 is 33.8 Å². The van der Waals surface area contributed by atoms with Gasteiger partial charge in [0.15, 0.2) is 0 Å². The SMILES string of the molecule is CS(=O)(=O)N(c1ccccc1)c1ccccc1C(=O)NSCC[C@H](Cc1ccccc1)[C@@H](O)CNCc1cccc(C(F)(F)F)c1. The largest absolute Gasteiger partial charge is 0.416 e. The average Bonchev–Trinajstić information content (AvgIpc) is 3.03. The zero-order valence-corrected chi connectivity index (χ0v) is 26.8. The molecule has 2 atom stereocenters. The monoisotopic (exact) mass is 671 g/mol. The molecular formula is C34H36F3N3O4S2. The molecule has 46 heavy (non-hydrogen) atoms. The minimum absolute atomic E-state index is 0.163. The Morgan fingerprint density at radius 2 is 1.52 bits per heavy atom. The highest BCUT2D eigenvalue weighted by molar-refractivity contribution is 7.97. The van der Waals surface area contributed by atoms with Crippen molar-refractivity contribution in [3.8, 4) is 0 Å². The van der Waals surface area contributed by atoms with Crippen LogP contribution in [0.25, 0.3) is 0 Å². The van der Waals surface area contributed by atoms with E-state index in [1.54, 1.807) is 60.7 Å². The van der Waals surface area contributed by atoms with E-state index in [1.807, 2.05) is 30.3 Å². The summed E-state index contributed by atoms with van der Waals surface area (Å²) in [5, 5.41) is 14.2. The first-order valence-electron chi connectivity index (χ1n) is 14.6. The molecule has 244 valence electrons. The van der Waals surface area contributed by atoms with Crippen molar-refractivity contribution in [3.05, 3.63) is 131 Å². The van der Waals surface area contributed by atoms with Gasteiger partial charge in [0, 0.05) is 18.8 Å². The van der Waals surface area contributed by atoms with Crippen molar-refractivity contribution in [1.29, 1.82) is 0 Å². The molecule has 4 aromatic carbocycles. The lowest BCUT2D eigenvalue weighted by Crippen LogP contribution is -2.34. The van der Waals surface area contributed by atoms with E-state index in [9.17, 15) is 31.5 Å². The number of aliphatic hydroxyl groups is 1. The highest BCUT2D eigenvalue weighted by Crippen LogP contribution is 2.32. The number of sulfonamides is 1. The van der Waals surface area contributed by atoms with Crippen molar-refractivity contribution < 1.29 is 31.5 Å². The molecule has 4 rings (SSSR count). The molecule has 12 heteroatoms. The molecule has 0 aliphatic carbocycles. The van der Waals surface area contributed by atoms with Gasteiger partial charge in [-0.15, -0.1) is 0 Å². The van der Waals surface area contributed by atoms with E-state index >= 15 is 0 Å². The standard InChI is InChI=1S/C34H36F3N3O4S2/c1-46(43,44)40(29-15-6-3-7-16-29)31-18-9-8-17-30(31)33(42)39-45-20-19-27(21-25-11-4-2-5-12-25)32(41)24-38-23-26-13-10-14-28(22-26)34(35,36)37/h2-18,22,27,32,38,41H,19-21,23-24H2,1H3,(H,39,42)/t27-,32+/m1/s1. The van der Waals surface area contributed by atoms with Gasteiger partial charge in [-0.2, -0.15) is 13.2 Å². The van der Waals surface area contributed by atoms with Crippen molar-refractivity contribution in [2.45, 2.75) is 31.7 Å². The molecular weight excluding hydrogens is 636 g/mol. The number of rotatable bonds is 15. The Kier molecular flexibility index (Phi) is 12.3. The molecule has 0 aliphatic heterocycles. The van der Waals surface area contributed by atoms with Gasteiger partial charge in [0.2, 0.25) is 10.0 Å². The third-order valence-corrected chi connectivity index (χ3v) is 9.11. The quantitative estimate of drug-likeness (QED) is 0.0976. The van der Waals surface area contributed by atoms with Gasteiger partial charge in [-0.25, -0.2) is 12.7 Å². The van der Waals surface area contributed by atoms with Gasteiger partial charge in [0.05, 0.1) is 34.9 Å². The lowest BCUT2D eigenvalue weighted by Gasteiger charge is -2.25. The molecule has 7 nitrogen and oxygen atoms in total. The number of hydrogen-bond acceptors (Lipinski definition) is 6. The second-order valence-electron chi connectivity index (χ2n) is 10.8. The molecule has 0 saturated heterocycles. The predicted octanol–water partition coefficient (Wildman–Crippen LogP) is 6.58. The zero-order valence-electron chi connectivity index (χ0n) is 25.2. The summed E-state index contributed by atoms with van der Waals surface area (Å²) in [7, 11) is -3.77. The number of anilines is 2. The third kappa shape index (κ3) is 10.1. The Bertz CT molecular complexity index is 1670. The summed E-state index contributed by atoms with van der Waals surface area (Å²) >= 11 is 1.16. The molecule has 0 radical (unpaired) electrons. The molecule has 0 aromatic heterocycles. The first-order chi connectivity index (χ1) is 21.9. The number of carbonyl (C=O) groups excluding carboxylic acids is 1. The summed E-state index contributed by atoms with van der Waals surface area (Å²) < 4.78 is 68.7. The zero-order chi connectivity index (χ0) is 33.2. The van der Waals surface area contributed by atoms with Crippen molar-refractivity contribution >= 4 is 39.3 Å². The Balaban J connectivity index is 1.38. The van der Waals surface area contributed by atoms with Crippen LogP contribution < -0.4 is 14.3 Å². The summed E-state index contributed by atoms with van der Waals surface area (Å²) in [4.78, 5) is 13.3. The van der Waals surface area contributed by atoms with E-state index in [0.717, 1.165) is 40.2 Å². The number of para-hydroxylation sites is 2. The third-order valence-electron chi connectivity index (χ3n) is 7.27. The van der Waals surface area contributed by atoms with Crippen LogP contribution in [0, 0.1) is 5.92 Å². The van der Waals surface area contributed by atoms with Gasteiger partial charge in [0.1, 0.15) is 0 Å². The number of alkyl halides is 3. The topological polar surface area (TPSA) is 98.7 Å². The van der Waals surface area contributed by atoms with Crippen LogP contribution >= 0.6 is 11.9 Å². The van der Waals surface area contributed by atoms with Crippen LogP contribution in [0.3, 0.4) is 0 Å². The number of nitrogens with one attached hydrogen (secondary N) is 2. The Hall–Kier alpha value is -3.84. The molecule has 0 spiro atoms. The summed E-state index contributed by atoms with van der Waals surface area (Å²) in [6.07, 6.45) is -3.08. The minimum Gasteiger partial charge on any atom is -0.392 e. The number of aliphatic hydroxyl groups excluding tert-OH is 1. The maximum absolute atomic E-state index is 13.3.